The van der Waals surface area contributed by atoms with Crippen molar-refractivity contribution in [1.82, 2.24) is 4.90 Å². The number of aryl methyl sites for hydroxylation is 2. The van der Waals surface area contributed by atoms with Crippen LogP contribution in [0.15, 0.2) is 42.5 Å². The van der Waals surface area contributed by atoms with Crippen molar-refractivity contribution in [3.8, 4) is 11.5 Å². The Balaban J connectivity index is 1.46. The van der Waals surface area contributed by atoms with E-state index >= 15 is 0 Å². The third-order valence-electron chi connectivity index (χ3n) is 4.90. The molecule has 27 heavy (non-hydrogen) atoms. The number of methoxy groups -OCH3 is 1. The van der Waals surface area contributed by atoms with E-state index in [-0.39, 0.29) is 0 Å². The second-order valence-electron chi connectivity index (χ2n) is 7.25. The van der Waals surface area contributed by atoms with Crippen molar-refractivity contribution in [3.05, 3.63) is 53.6 Å². The zero-order chi connectivity index (χ0) is 19.2. The Morgan fingerprint density at radius 1 is 1.00 bits per heavy atom. The molecule has 1 N–H and O–H groups in total. The van der Waals surface area contributed by atoms with Gasteiger partial charge in [0.1, 0.15) is 24.2 Å². The van der Waals surface area contributed by atoms with E-state index in [0.717, 1.165) is 43.4 Å². The van der Waals surface area contributed by atoms with Gasteiger partial charge < -0.3 is 19.5 Å². The maximum Gasteiger partial charge on any atom is 0.142 e. The number of hydrogen-bond acceptors (Lipinski definition) is 5. The number of nitrogens with zero attached hydrogens (tertiary/aromatic N) is 2. The summed E-state index contributed by atoms with van der Waals surface area (Å²) < 4.78 is 11.3. The van der Waals surface area contributed by atoms with E-state index < -0.39 is 6.10 Å². The fourth-order valence-electron chi connectivity index (χ4n) is 3.62. The SMILES string of the molecule is COc1ccccc1N1CCN(C[C@@H](O)COc2cc(C)cc(C)c2)CC1. The van der Waals surface area contributed by atoms with Crippen LogP contribution in [0.3, 0.4) is 0 Å². The number of aliphatic hydroxyl groups excluding tert-OH is 1. The first-order valence-electron chi connectivity index (χ1n) is 9.54. The highest BCUT2D eigenvalue weighted by Gasteiger charge is 2.21. The van der Waals surface area contributed by atoms with Crippen LogP contribution < -0.4 is 14.4 Å². The largest absolute Gasteiger partial charge is 0.495 e. The van der Waals surface area contributed by atoms with Crippen LogP contribution in [-0.2, 0) is 0 Å². The highest BCUT2D eigenvalue weighted by molar-refractivity contribution is 5.58. The second-order valence-corrected chi connectivity index (χ2v) is 7.25. The molecule has 5 nitrogen and oxygen atoms in total. The van der Waals surface area contributed by atoms with Crippen molar-refractivity contribution in [2.24, 2.45) is 0 Å². The van der Waals surface area contributed by atoms with E-state index in [4.69, 9.17) is 9.47 Å². The van der Waals surface area contributed by atoms with Crippen molar-refractivity contribution in [1.29, 1.82) is 0 Å². The zero-order valence-electron chi connectivity index (χ0n) is 16.5. The van der Waals surface area contributed by atoms with E-state index in [1.54, 1.807) is 7.11 Å². The van der Waals surface area contributed by atoms with Gasteiger partial charge in [0.05, 0.1) is 12.8 Å². The average Bonchev–Trinajstić information content (AvgIpc) is 2.66. The molecular formula is C22H30N2O3. The predicted octanol–water partition coefficient (Wildman–Crippen LogP) is 2.87. The number of anilines is 1. The summed E-state index contributed by atoms with van der Waals surface area (Å²) in [5.74, 6) is 1.74. The topological polar surface area (TPSA) is 45.2 Å². The number of para-hydroxylation sites is 2. The third kappa shape index (κ3) is 5.37. The van der Waals surface area contributed by atoms with Crippen LogP contribution in [0, 0.1) is 13.8 Å². The number of piperazine rings is 1. The molecule has 0 aliphatic carbocycles. The summed E-state index contributed by atoms with van der Waals surface area (Å²) in [6.07, 6.45) is -0.497. The van der Waals surface area contributed by atoms with Crippen LogP contribution in [0.25, 0.3) is 0 Å². The van der Waals surface area contributed by atoms with Crippen LogP contribution >= 0.6 is 0 Å². The van der Waals surface area contributed by atoms with E-state index in [0.29, 0.717) is 13.2 Å². The molecule has 0 spiro atoms. The molecule has 1 heterocycles. The molecule has 3 rings (SSSR count). The molecular weight excluding hydrogens is 340 g/mol. The minimum atomic E-state index is -0.497. The maximum atomic E-state index is 10.4. The molecule has 146 valence electrons. The third-order valence-corrected chi connectivity index (χ3v) is 4.90. The van der Waals surface area contributed by atoms with Gasteiger partial charge in [-0.15, -0.1) is 0 Å². The van der Waals surface area contributed by atoms with Gasteiger partial charge in [-0.1, -0.05) is 18.2 Å². The monoisotopic (exact) mass is 370 g/mol. The minimum Gasteiger partial charge on any atom is -0.495 e. The standard InChI is InChI=1S/C22H30N2O3/c1-17-12-18(2)14-20(13-17)27-16-19(25)15-23-8-10-24(11-9-23)21-6-4-5-7-22(21)26-3/h4-7,12-14,19,25H,8-11,15-16H2,1-3H3/t19-/m1/s1. The zero-order valence-corrected chi connectivity index (χ0v) is 16.5. The average molecular weight is 370 g/mol. The fraction of sp³-hybridized carbons (Fsp3) is 0.455. The highest BCUT2D eigenvalue weighted by Crippen LogP contribution is 2.28. The molecule has 1 aliphatic heterocycles. The molecule has 1 saturated heterocycles. The first-order valence-corrected chi connectivity index (χ1v) is 9.54. The number of aliphatic hydroxyl groups is 1. The Morgan fingerprint density at radius 2 is 1.67 bits per heavy atom. The van der Waals surface area contributed by atoms with Gasteiger partial charge in [-0.25, -0.2) is 0 Å². The number of β-amino-alcohol motifs (C(OH)–C–C–N with tert-alkyl or cyclic N) is 1. The summed E-state index contributed by atoms with van der Waals surface area (Å²) in [6, 6.07) is 14.3. The van der Waals surface area contributed by atoms with E-state index in [1.807, 2.05) is 30.3 Å². The molecule has 2 aromatic carbocycles. The van der Waals surface area contributed by atoms with Crippen LogP contribution in [0.4, 0.5) is 5.69 Å². The lowest BCUT2D eigenvalue weighted by molar-refractivity contribution is 0.0662. The Bertz CT molecular complexity index is 722. The van der Waals surface area contributed by atoms with Crippen LogP contribution in [0.1, 0.15) is 11.1 Å². The minimum absolute atomic E-state index is 0.315. The smallest absolute Gasteiger partial charge is 0.142 e. The van der Waals surface area contributed by atoms with Gasteiger partial charge in [0, 0.05) is 32.7 Å². The van der Waals surface area contributed by atoms with Crippen molar-refractivity contribution >= 4 is 5.69 Å². The van der Waals surface area contributed by atoms with Gasteiger partial charge in [0.2, 0.25) is 0 Å². The number of ether oxygens (including phenoxy) is 2. The predicted molar refractivity (Wildman–Crippen MR) is 109 cm³/mol. The Morgan fingerprint density at radius 3 is 2.33 bits per heavy atom. The van der Waals surface area contributed by atoms with E-state index in [9.17, 15) is 5.11 Å². The van der Waals surface area contributed by atoms with E-state index in [1.165, 1.54) is 11.1 Å². The first kappa shape index (κ1) is 19.5. The lowest BCUT2D eigenvalue weighted by Gasteiger charge is -2.37. The Kier molecular flexibility index (Phi) is 6.58. The molecule has 0 bridgehead atoms. The van der Waals surface area contributed by atoms with Gasteiger partial charge in [-0.3, -0.25) is 4.90 Å². The normalized spacial score (nSPS) is 16.2. The quantitative estimate of drug-likeness (QED) is 0.812. The number of benzene rings is 2. The van der Waals surface area contributed by atoms with Gasteiger partial charge in [0.25, 0.3) is 0 Å². The van der Waals surface area contributed by atoms with Crippen molar-refractivity contribution in [2.75, 3.05) is 51.3 Å². The summed E-state index contributed by atoms with van der Waals surface area (Å²) in [7, 11) is 1.71. The maximum absolute atomic E-state index is 10.4. The molecule has 1 atom stereocenters. The van der Waals surface area contributed by atoms with Crippen LogP contribution in [0.2, 0.25) is 0 Å². The highest BCUT2D eigenvalue weighted by atomic mass is 16.5. The van der Waals surface area contributed by atoms with Crippen molar-refractivity contribution < 1.29 is 14.6 Å². The summed E-state index contributed by atoms with van der Waals surface area (Å²) in [4.78, 5) is 4.63. The molecule has 1 fully saturated rings. The molecule has 0 aromatic heterocycles. The summed E-state index contributed by atoms with van der Waals surface area (Å²) in [5.41, 5.74) is 3.48. The molecule has 5 heteroatoms. The summed E-state index contributed by atoms with van der Waals surface area (Å²) in [6.45, 7) is 8.72. The molecule has 0 unspecified atom stereocenters. The van der Waals surface area contributed by atoms with Crippen LogP contribution in [-0.4, -0.2) is 62.6 Å². The van der Waals surface area contributed by atoms with Crippen molar-refractivity contribution in [2.45, 2.75) is 20.0 Å². The molecule has 2 aromatic rings. The van der Waals surface area contributed by atoms with Gasteiger partial charge in [0.15, 0.2) is 0 Å². The Hall–Kier alpha value is -2.24. The molecule has 0 amide bonds. The number of hydrogen-bond donors (Lipinski definition) is 1. The second kappa shape index (κ2) is 9.11. The summed E-state index contributed by atoms with van der Waals surface area (Å²) >= 11 is 0. The lowest BCUT2D eigenvalue weighted by Crippen LogP contribution is -2.49. The van der Waals surface area contributed by atoms with Gasteiger partial charge in [-0.05, 0) is 49.2 Å². The van der Waals surface area contributed by atoms with Crippen molar-refractivity contribution in [3.63, 3.8) is 0 Å². The fourth-order valence-corrected chi connectivity index (χ4v) is 3.62. The van der Waals surface area contributed by atoms with E-state index in [2.05, 4.69) is 35.8 Å². The molecule has 0 radical (unpaired) electrons. The molecule has 1 aliphatic rings. The summed E-state index contributed by atoms with van der Waals surface area (Å²) in [5, 5.41) is 10.4. The lowest BCUT2D eigenvalue weighted by atomic mass is 10.1. The first-order chi connectivity index (χ1) is 13.0. The van der Waals surface area contributed by atoms with Crippen LogP contribution in [0.5, 0.6) is 11.5 Å². The van der Waals surface area contributed by atoms with Gasteiger partial charge in [-0.2, -0.15) is 0 Å². The van der Waals surface area contributed by atoms with Gasteiger partial charge >= 0.3 is 0 Å². The molecule has 0 saturated carbocycles. The Labute approximate surface area is 162 Å². The number of rotatable bonds is 7.